The van der Waals surface area contributed by atoms with Crippen molar-refractivity contribution in [2.24, 2.45) is 10.9 Å². The van der Waals surface area contributed by atoms with Crippen molar-refractivity contribution in [1.29, 1.82) is 0 Å². The summed E-state index contributed by atoms with van der Waals surface area (Å²) in [7, 11) is 0. The third kappa shape index (κ3) is 4.93. The molecule has 3 N–H and O–H groups in total. The van der Waals surface area contributed by atoms with E-state index < -0.39 is 0 Å². The van der Waals surface area contributed by atoms with Gasteiger partial charge >= 0.3 is 0 Å². The summed E-state index contributed by atoms with van der Waals surface area (Å²) in [6.45, 7) is 7.63. The van der Waals surface area contributed by atoms with Crippen molar-refractivity contribution in [2.75, 3.05) is 37.6 Å². The van der Waals surface area contributed by atoms with Crippen molar-refractivity contribution in [3.05, 3.63) is 29.8 Å². The Bertz CT molecular complexity index is 467. The molecule has 5 heteroatoms. The van der Waals surface area contributed by atoms with Gasteiger partial charge in [-0.1, -0.05) is 17.3 Å². The summed E-state index contributed by atoms with van der Waals surface area (Å²) in [6.07, 6.45) is 2.76. The van der Waals surface area contributed by atoms with Gasteiger partial charge in [0.15, 0.2) is 0 Å². The molecule has 0 amide bonds. The second-order valence-electron chi connectivity index (χ2n) is 5.72. The zero-order valence-corrected chi connectivity index (χ0v) is 12.8. The van der Waals surface area contributed by atoms with Crippen molar-refractivity contribution < 1.29 is 5.21 Å². The molecule has 0 spiro atoms. The van der Waals surface area contributed by atoms with Gasteiger partial charge in [-0.3, -0.25) is 4.90 Å². The third-order valence-corrected chi connectivity index (χ3v) is 4.02. The maximum Gasteiger partial charge on any atom is 0.139 e. The number of aryl methyl sites for hydroxylation is 1. The molecular weight excluding hydrogens is 264 g/mol. The van der Waals surface area contributed by atoms with E-state index in [4.69, 9.17) is 10.9 Å². The molecule has 1 fully saturated rings. The minimum atomic E-state index is 0.333. The average molecular weight is 290 g/mol. The van der Waals surface area contributed by atoms with Gasteiger partial charge in [-0.25, -0.2) is 0 Å². The molecule has 1 aromatic carbocycles. The molecule has 2 rings (SSSR count). The highest BCUT2D eigenvalue weighted by molar-refractivity contribution is 5.79. The molecule has 1 heterocycles. The van der Waals surface area contributed by atoms with Crippen LogP contribution in [0.3, 0.4) is 0 Å². The highest BCUT2D eigenvalue weighted by atomic mass is 16.4. The van der Waals surface area contributed by atoms with Crippen molar-refractivity contribution in [3.63, 3.8) is 0 Å². The van der Waals surface area contributed by atoms with Crippen molar-refractivity contribution in [1.82, 2.24) is 4.90 Å². The minimum absolute atomic E-state index is 0.333. The van der Waals surface area contributed by atoms with Crippen LogP contribution in [0.1, 0.15) is 24.8 Å². The Morgan fingerprint density at radius 2 is 2.00 bits per heavy atom. The van der Waals surface area contributed by atoms with Crippen LogP contribution in [0.4, 0.5) is 5.69 Å². The molecule has 1 aliphatic rings. The zero-order valence-electron chi connectivity index (χ0n) is 12.8. The van der Waals surface area contributed by atoms with Crippen LogP contribution in [0.2, 0.25) is 0 Å². The van der Waals surface area contributed by atoms with E-state index in [2.05, 4.69) is 46.1 Å². The van der Waals surface area contributed by atoms with Gasteiger partial charge in [-0.05, 0) is 44.0 Å². The summed E-state index contributed by atoms with van der Waals surface area (Å²) in [5, 5.41) is 11.5. The average Bonchev–Trinajstić information content (AvgIpc) is 2.52. The Balaban J connectivity index is 1.69. The Morgan fingerprint density at radius 3 is 2.67 bits per heavy atom. The summed E-state index contributed by atoms with van der Waals surface area (Å²) in [4.78, 5) is 4.96. The van der Waals surface area contributed by atoms with Gasteiger partial charge < -0.3 is 15.8 Å². The number of benzene rings is 1. The highest BCUT2D eigenvalue weighted by Gasteiger charge is 2.16. The summed E-state index contributed by atoms with van der Waals surface area (Å²) in [5.74, 6) is 0.333. The number of hydrogen-bond donors (Lipinski definition) is 2. The van der Waals surface area contributed by atoms with E-state index in [-0.39, 0.29) is 0 Å². The normalized spacial score (nSPS) is 17.2. The van der Waals surface area contributed by atoms with Crippen LogP contribution in [-0.2, 0) is 0 Å². The summed E-state index contributed by atoms with van der Waals surface area (Å²) < 4.78 is 0. The third-order valence-electron chi connectivity index (χ3n) is 4.02. The maximum atomic E-state index is 8.49. The van der Waals surface area contributed by atoms with E-state index in [1.807, 2.05) is 0 Å². The lowest BCUT2D eigenvalue weighted by Crippen LogP contribution is -2.46. The van der Waals surface area contributed by atoms with Crippen LogP contribution in [0, 0.1) is 6.92 Å². The van der Waals surface area contributed by atoms with E-state index in [0.29, 0.717) is 12.3 Å². The largest absolute Gasteiger partial charge is 0.409 e. The molecule has 0 unspecified atom stereocenters. The fourth-order valence-electron chi connectivity index (χ4n) is 2.75. The van der Waals surface area contributed by atoms with Crippen LogP contribution in [0.15, 0.2) is 29.4 Å². The van der Waals surface area contributed by atoms with E-state index in [1.165, 1.54) is 11.3 Å². The number of anilines is 1. The second kappa shape index (κ2) is 7.88. The summed E-state index contributed by atoms with van der Waals surface area (Å²) in [6, 6.07) is 8.72. The SMILES string of the molecule is Cc1cccc(N2CCN(CCCCC(N)=NO)CC2)c1. The second-order valence-corrected chi connectivity index (χ2v) is 5.72. The predicted molar refractivity (Wildman–Crippen MR) is 87.1 cm³/mol. The molecule has 0 aromatic heterocycles. The monoisotopic (exact) mass is 290 g/mol. The first-order chi connectivity index (χ1) is 10.2. The van der Waals surface area contributed by atoms with Crippen LogP contribution in [0.25, 0.3) is 0 Å². The lowest BCUT2D eigenvalue weighted by Gasteiger charge is -2.36. The fourth-order valence-corrected chi connectivity index (χ4v) is 2.75. The summed E-state index contributed by atoms with van der Waals surface area (Å²) in [5.41, 5.74) is 8.12. The molecule has 0 bridgehead atoms. The first-order valence-corrected chi connectivity index (χ1v) is 7.69. The van der Waals surface area contributed by atoms with Gasteiger partial charge in [0, 0.05) is 38.3 Å². The lowest BCUT2D eigenvalue weighted by molar-refractivity contribution is 0.253. The van der Waals surface area contributed by atoms with Gasteiger partial charge in [0.25, 0.3) is 0 Å². The Kier molecular flexibility index (Phi) is 5.87. The predicted octanol–water partition coefficient (Wildman–Crippen LogP) is 2.03. The van der Waals surface area contributed by atoms with Crippen molar-refractivity contribution in [3.8, 4) is 0 Å². The van der Waals surface area contributed by atoms with Gasteiger partial charge in [0.1, 0.15) is 5.84 Å². The van der Waals surface area contributed by atoms with Crippen molar-refractivity contribution in [2.45, 2.75) is 26.2 Å². The van der Waals surface area contributed by atoms with Crippen LogP contribution < -0.4 is 10.6 Å². The number of piperazine rings is 1. The van der Waals surface area contributed by atoms with E-state index in [1.54, 1.807) is 0 Å². The molecule has 0 aliphatic carbocycles. The van der Waals surface area contributed by atoms with Gasteiger partial charge in [-0.2, -0.15) is 0 Å². The quantitative estimate of drug-likeness (QED) is 0.277. The maximum absolute atomic E-state index is 8.49. The topological polar surface area (TPSA) is 65.1 Å². The van der Waals surface area contributed by atoms with E-state index in [0.717, 1.165) is 45.6 Å². The number of nitrogens with zero attached hydrogens (tertiary/aromatic N) is 3. The Morgan fingerprint density at radius 1 is 1.24 bits per heavy atom. The Hall–Kier alpha value is -1.75. The zero-order chi connectivity index (χ0) is 15.1. The number of rotatable bonds is 6. The highest BCUT2D eigenvalue weighted by Crippen LogP contribution is 2.17. The van der Waals surface area contributed by atoms with Gasteiger partial charge in [0.2, 0.25) is 0 Å². The summed E-state index contributed by atoms with van der Waals surface area (Å²) >= 11 is 0. The van der Waals surface area contributed by atoms with Gasteiger partial charge in [-0.15, -0.1) is 0 Å². The molecule has 0 radical (unpaired) electrons. The number of nitrogens with two attached hydrogens (primary N) is 1. The van der Waals surface area contributed by atoms with Crippen LogP contribution in [-0.4, -0.2) is 48.7 Å². The minimum Gasteiger partial charge on any atom is -0.409 e. The first kappa shape index (κ1) is 15.6. The standard InChI is InChI=1S/C16H26N4O/c1-14-5-4-6-15(13-14)20-11-9-19(10-12-20)8-3-2-7-16(17)18-21/h4-6,13,21H,2-3,7-12H2,1H3,(H2,17,18). The molecular formula is C16H26N4O. The smallest absolute Gasteiger partial charge is 0.139 e. The molecule has 116 valence electrons. The lowest BCUT2D eigenvalue weighted by atomic mass is 10.1. The number of hydrogen-bond acceptors (Lipinski definition) is 4. The molecule has 1 aromatic rings. The molecule has 0 saturated carbocycles. The van der Waals surface area contributed by atoms with Gasteiger partial charge in [0.05, 0.1) is 0 Å². The molecule has 5 nitrogen and oxygen atoms in total. The van der Waals surface area contributed by atoms with Crippen LogP contribution >= 0.6 is 0 Å². The first-order valence-electron chi connectivity index (χ1n) is 7.69. The molecule has 1 saturated heterocycles. The molecule has 21 heavy (non-hydrogen) atoms. The Labute approximate surface area is 127 Å². The number of amidine groups is 1. The van der Waals surface area contributed by atoms with E-state index >= 15 is 0 Å². The molecule has 0 atom stereocenters. The van der Waals surface area contributed by atoms with Crippen LogP contribution in [0.5, 0.6) is 0 Å². The fraction of sp³-hybridized carbons (Fsp3) is 0.562. The molecule has 1 aliphatic heterocycles. The van der Waals surface area contributed by atoms with E-state index in [9.17, 15) is 0 Å². The van der Waals surface area contributed by atoms with Crippen molar-refractivity contribution >= 4 is 11.5 Å². The number of unbranched alkanes of at least 4 members (excludes halogenated alkanes) is 1. The number of oxime groups is 1.